The number of hydrogen-bond donors (Lipinski definition) is 1. The monoisotopic (exact) mass is 340 g/mol. The lowest BCUT2D eigenvalue weighted by Crippen LogP contribution is -2.26. The summed E-state index contributed by atoms with van der Waals surface area (Å²) in [5.41, 5.74) is 4.89. The van der Waals surface area contributed by atoms with Crippen molar-refractivity contribution in [3.8, 4) is 0 Å². The molecular formula is C20H24N2OS. The van der Waals surface area contributed by atoms with Crippen LogP contribution in [0.25, 0.3) is 0 Å². The van der Waals surface area contributed by atoms with E-state index in [0.717, 1.165) is 31.2 Å². The highest BCUT2D eigenvalue weighted by Crippen LogP contribution is 2.27. The zero-order chi connectivity index (χ0) is 16.4. The molecule has 3 nitrogen and oxygen atoms in total. The molecule has 0 radical (unpaired) electrons. The molecule has 126 valence electrons. The Morgan fingerprint density at radius 2 is 1.83 bits per heavy atom. The molecule has 2 aliphatic rings. The SMILES string of the molecule is O=C(NCCc1nc2c(s1)CCCC2)c1ccc2c(c1)CCCC2. The Morgan fingerprint density at radius 3 is 2.71 bits per heavy atom. The maximum atomic E-state index is 12.4. The van der Waals surface area contributed by atoms with Gasteiger partial charge in [-0.1, -0.05) is 6.07 Å². The molecular weight excluding hydrogens is 316 g/mol. The lowest BCUT2D eigenvalue weighted by molar-refractivity contribution is 0.0954. The van der Waals surface area contributed by atoms with Crippen LogP contribution >= 0.6 is 11.3 Å². The number of amides is 1. The minimum atomic E-state index is 0.0460. The number of carbonyl (C=O) groups is 1. The van der Waals surface area contributed by atoms with E-state index in [0.29, 0.717) is 6.54 Å². The van der Waals surface area contributed by atoms with E-state index in [-0.39, 0.29) is 5.91 Å². The summed E-state index contributed by atoms with van der Waals surface area (Å²) in [7, 11) is 0. The van der Waals surface area contributed by atoms with Gasteiger partial charge in [0, 0.05) is 23.4 Å². The van der Waals surface area contributed by atoms with Crippen LogP contribution in [0.15, 0.2) is 18.2 Å². The van der Waals surface area contributed by atoms with Crippen LogP contribution < -0.4 is 5.32 Å². The van der Waals surface area contributed by atoms with E-state index in [1.54, 1.807) is 0 Å². The molecule has 4 heteroatoms. The van der Waals surface area contributed by atoms with Gasteiger partial charge in [-0.15, -0.1) is 11.3 Å². The van der Waals surface area contributed by atoms with Crippen LogP contribution in [0.1, 0.15) is 62.7 Å². The van der Waals surface area contributed by atoms with Crippen molar-refractivity contribution in [3.05, 3.63) is 50.5 Å². The lowest BCUT2D eigenvalue weighted by Gasteiger charge is -2.16. The second-order valence-electron chi connectivity index (χ2n) is 6.88. The Kier molecular flexibility index (Phi) is 4.65. The fourth-order valence-electron chi connectivity index (χ4n) is 3.77. The average Bonchev–Trinajstić information content (AvgIpc) is 3.04. The first kappa shape index (κ1) is 15.8. The van der Waals surface area contributed by atoms with Gasteiger partial charge in [0.15, 0.2) is 0 Å². The van der Waals surface area contributed by atoms with Crippen molar-refractivity contribution in [1.82, 2.24) is 10.3 Å². The summed E-state index contributed by atoms with van der Waals surface area (Å²) >= 11 is 1.84. The van der Waals surface area contributed by atoms with Crippen molar-refractivity contribution in [2.24, 2.45) is 0 Å². The van der Waals surface area contributed by atoms with E-state index in [4.69, 9.17) is 4.98 Å². The predicted molar refractivity (Wildman–Crippen MR) is 97.9 cm³/mol. The molecule has 4 rings (SSSR count). The van der Waals surface area contributed by atoms with Crippen LogP contribution in [0.2, 0.25) is 0 Å². The minimum Gasteiger partial charge on any atom is -0.352 e. The fraction of sp³-hybridized carbons (Fsp3) is 0.500. The number of benzene rings is 1. The third-order valence-corrected chi connectivity index (χ3v) is 6.34. The fourth-order valence-corrected chi connectivity index (χ4v) is 4.93. The van der Waals surface area contributed by atoms with Crippen LogP contribution in [0.4, 0.5) is 0 Å². The van der Waals surface area contributed by atoms with Crippen LogP contribution in [-0.2, 0) is 32.1 Å². The molecule has 2 aliphatic carbocycles. The van der Waals surface area contributed by atoms with Crippen LogP contribution in [0.3, 0.4) is 0 Å². The maximum Gasteiger partial charge on any atom is 0.251 e. The highest BCUT2D eigenvalue weighted by Gasteiger charge is 2.16. The summed E-state index contributed by atoms with van der Waals surface area (Å²) in [6.45, 7) is 0.669. The van der Waals surface area contributed by atoms with E-state index in [1.807, 2.05) is 17.4 Å². The van der Waals surface area contributed by atoms with Gasteiger partial charge in [0.05, 0.1) is 10.7 Å². The summed E-state index contributed by atoms with van der Waals surface area (Å²) < 4.78 is 0. The molecule has 0 bridgehead atoms. The molecule has 0 saturated carbocycles. The maximum absolute atomic E-state index is 12.4. The molecule has 1 aromatic heterocycles. The first-order chi connectivity index (χ1) is 11.8. The van der Waals surface area contributed by atoms with E-state index in [9.17, 15) is 4.79 Å². The van der Waals surface area contributed by atoms with Crippen molar-refractivity contribution in [3.63, 3.8) is 0 Å². The Morgan fingerprint density at radius 1 is 1.04 bits per heavy atom. The van der Waals surface area contributed by atoms with Crippen molar-refractivity contribution >= 4 is 17.2 Å². The number of rotatable bonds is 4. The summed E-state index contributed by atoms with van der Waals surface area (Å²) in [5.74, 6) is 0.0460. The molecule has 0 aliphatic heterocycles. The van der Waals surface area contributed by atoms with E-state index in [2.05, 4.69) is 17.4 Å². The number of aryl methyl sites for hydroxylation is 4. The number of nitrogens with zero attached hydrogens (tertiary/aromatic N) is 1. The van der Waals surface area contributed by atoms with Gasteiger partial charge in [-0.05, 0) is 74.6 Å². The first-order valence-corrected chi connectivity index (χ1v) is 9.99. The molecule has 0 spiro atoms. The molecule has 1 heterocycles. The first-order valence-electron chi connectivity index (χ1n) is 9.17. The Labute approximate surface area is 147 Å². The molecule has 0 unspecified atom stereocenters. The molecule has 24 heavy (non-hydrogen) atoms. The number of aromatic nitrogens is 1. The van der Waals surface area contributed by atoms with E-state index >= 15 is 0 Å². The number of hydrogen-bond acceptors (Lipinski definition) is 3. The van der Waals surface area contributed by atoms with Gasteiger partial charge in [0.25, 0.3) is 5.91 Å². The van der Waals surface area contributed by atoms with Crippen LogP contribution in [0.5, 0.6) is 0 Å². The van der Waals surface area contributed by atoms with Crippen molar-refractivity contribution in [1.29, 1.82) is 0 Å². The average molecular weight is 340 g/mol. The summed E-state index contributed by atoms with van der Waals surface area (Å²) in [6.07, 6.45) is 10.5. The van der Waals surface area contributed by atoms with Crippen molar-refractivity contribution in [2.45, 2.75) is 57.8 Å². The molecule has 0 saturated heterocycles. The molecule has 1 aromatic carbocycles. The molecule has 0 fully saturated rings. The van der Waals surface area contributed by atoms with Gasteiger partial charge in [-0.3, -0.25) is 4.79 Å². The normalized spacial score (nSPS) is 16.3. The van der Waals surface area contributed by atoms with Gasteiger partial charge in [-0.2, -0.15) is 0 Å². The Balaban J connectivity index is 1.34. The van der Waals surface area contributed by atoms with Crippen molar-refractivity contribution in [2.75, 3.05) is 6.54 Å². The molecule has 1 amide bonds. The molecule has 2 aromatic rings. The summed E-state index contributed by atoms with van der Waals surface area (Å²) in [6, 6.07) is 6.20. The standard InChI is InChI=1S/C20H24N2OS/c23-20(16-10-9-14-5-1-2-6-15(14)13-16)21-12-11-19-22-17-7-3-4-8-18(17)24-19/h9-10,13H,1-8,11-12H2,(H,21,23). The summed E-state index contributed by atoms with van der Waals surface area (Å²) in [5, 5.41) is 4.24. The lowest BCUT2D eigenvalue weighted by atomic mass is 9.90. The topological polar surface area (TPSA) is 42.0 Å². The Bertz CT molecular complexity index is 727. The molecule has 0 atom stereocenters. The van der Waals surface area contributed by atoms with Gasteiger partial charge in [-0.25, -0.2) is 4.98 Å². The molecule has 1 N–H and O–H groups in total. The Hall–Kier alpha value is -1.68. The zero-order valence-corrected chi connectivity index (χ0v) is 14.9. The van der Waals surface area contributed by atoms with E-state index < -0.39 is 0 Å². The van der Waals surface area contributed by atoms with E-state index in [1.165, 1.54) is 58.8 Å². The largest absolute Gasteiger partial charge is 0.352 e. The second-order valence-corrected chi connectivity index (χ2v) is 8.05. The third-order valence-electron chi connectivity index (χ3n) is 5.13. The van der Waals surface area contributed by atoms with Gasteiger partial charge >= 0.3 is 0 Å². The van der Waals surface area contributed by atoms with Crippen molar-refractivity contribution < 1.29 is 4.79 Å². The van der Waals surface area contributed by atoms with Gasteiger partial charge in [0.2, 0.25) is 0 Å². The zero-order valence-electron chi connectivity index (χ0n) is 14.1. The highest BCUT2D eigenvalue weighted by molar-refractivity contribution is 7.11. The highest BCUT2D eigenvalue weighted by atomic mass is 32.1. The van der Waals surface area contributed by atoms with Gasteiger partial charge < -0.3 is 5.32 Å². The summed E-state index contributed by atoms with van der Waals surface area (Å²) in [4.78, 5) is 18.6. The number of carbonyl (C=O) groups excluding carboxylic acids is 1. The predicted octanol–water partition coefficient (Wildman–Crippen LogP) is 3.87. The van der Waals surface area contributed by atoms with Crippen LogP contribution in [-0.4, -0.2) is 17.4 Å². The van der Waals surface area contributed by atoms with Crippen LogP contribution in [0, 0.1) is 0 Å². The van der Waals surface area contributed by atoms with Gasteiger partial charge in [0.1, 0.15) is 0 Å². The minimum absolute atomic E-state index is 0.0460. The smallest absolute Gasteiger partial charge is 0.251 e. The number of fused-ring (bicyclic) bond motifs is 2. The second kappa shape index (κ2) is 7.06. The quantitative estimate of drug-likeness (QED) is 0.918. The third kappa shape index (κ3) is 3.39. The number of thiazole rings is 1. The number of nitrogens with one attached hydrogen (secondary N) is 1.